The van der Waals surface area contributed by atoms with Crippen molar-refractivity contribution in [2.75, 3.05) is 28.2 Å². The highest BCUT2D eigenvalue weighted by Gasteiger charge is 2.35. The molecule has 2 aromatic heterocycles. The molecule has 0 amide bonds. The summed E-state index contributed by atoms with van der Waals surface area (Å²) in [6.07, 6.45) is 7.28. The molecule has 28 heavy (non-hydrogen) atoms. The first-order valence-corrected chi connectivity index (χ1v) is 9.98. The van der Waals surface area contributed by atoms with Crippen LogP contribution < -0.4 is 15.1 Å². The summed E-state index contributed by atoms with van der Waals surface area (Å²) in [7, 11) is 0. The zero-order valence-corrected chi connectivity index (χ0v) is 16.5. The van der Waals surface area contributed by atoms with Crippen LogP contribution in [0.25, 0.3) is 0 Å². The van der Waals surface area contributed by atoms with Gasteiger partial charge in [0.05, 0.1) is 17.6 Å². The zero-order chi connectivity index (χ0) is 19.1. The predicted molar refractivity (Wildman–Crippen MR) is 113 cm³/mol. The maximum absolute atomic E-state index is 6.53. The topological polar surface area (TPSA) is 57.2 Å². The lowest BCUT2D eigenvalue weighted by molar-refractivity contribution is 0.809. The molecule has 0 bridgehead atoms. The van der Waals surface area contributed by atoms with Crippen LogP contribution in [0.1, 0.15) is 24.6 Å². The average molecular weight is 413 g/mol. The molecule has 6 nitrogen and oxygen atoms in total. The summed E-state index contributed by atoms with van der Waals surface area (Å²) in [5, 5.41) is 4.69. The molecule has 2 aliphatic rings. The Kier molecular flexibility index (Phi) is 4.45. The van der Waals surface area contributed by atoms with Crippen molar-refractivity contribution in [1.82, 2.24) is 15.0 Å². The Morgan fingerprint density at radius 1 is 1.00 bits per heavy atom. The Labute approximate surface area is 173 Å². The van der Waals surface area contributed by atoms with Gasteiger partial charge in [0.1, 0.15) is 24.1 Å². The molecule has 2 aliphatic heterocycles. The molecule has 1 atom stereocenters. The van der Waals surface area contributed by atoms with Gasteiger partial charge in [0.25, 0.3) is 0 Å². The fraction of sp³-hybridized carbons (Fsp3) is 0.250. The largest absolute Gasteiger partial charge is 0.358 e. The molecule has 1 unspecified atom stereocenters. The van der Waals surface area contributed by atoms with Crippen LogP contribution in [-0.2, 0) is 0 Å². The molecule has 4 heterocycles. The van der Waals surface area contributed by atoms with Crippen LogP contribution in [0.5, 0.6) is 0 Å². The highest BCUT2D eigenvalue weighted by molar-refractivity contribution is 6.36. The van der Waals surface area contributed by atoms with E-state index in [2.05, 4.69) is 30.1 Å². The van der Waals surface area contributed by atoms with E-state index < -0.39 is 0 Å². The fourth-order valence-corrected chi connectivity index (χ4v) is 4.48. The smallest absolute Gasteiger partial charge is 0.140 e. The summed E-state index contributed by atoms with van der Waals surface area (Å²) in [6.45, 7) is 2.05. The van der Waals surface area contributed by atoms with E-state index in [1.807, 2.05) is 30.3 Å². The summed E-state index contributed by atoms with van der Waals surface area (Å²) in [4.78, 5) is 17.7. The third-order valence-electron chi connectivity index (χ3n) is 5.20. The molecule has 1 fully saturated rings. The van der Waals surface area contributed by atoms with Gasteiger partial charge in [0.15, 0.2) is 0 Å². The van der Waals surface area contributed by atoms with Gasteiger partial charge < -0.3 is 10.2 Å². The van der Waals surface area contributed by atoms with Gasteiger partial charge in [-0.1, -0.05) is 29.3 Å². The number of benzene rings is 1. The van der Waals surface area contributed by atoms with E-state index in [-0.39, 0.29) is 6.17 Å². The SMILES string of the molecule is Clc1cccc(Cl)c1C1Nc2cnccc2N1c1cc(N2CCCC2)ncn1. The van der Waals surface area contributed by atoms with Crippen LogP contribution in [0.15, 0.2) is 49.1 Å². The van der Waals surface area contributed by atoms with Crippen molar-refractivity contribution in [3.05, 3.63) is 64.7 Å². The fourth-order valence-electron chi connectivity index (χ4n) is 3.88. The van der Waals surface area contributed by atoms with Crippen LogP contribution in [0.3, 0.4) is 0 Å². The Morgan fingerprint density at radius 2 is 1.75 bits per heavy atom. The predicted octanol–water partition coefficient (Wildman–Crippen LogP) is 5.04. The van der Waals surface area contributed by atoms with Crippen LogP contribution >= 0.6 is 23.2 Å². The second-order valence-corrected chi connectivity index (χ2v) is 7.69. The number of rotatable bonds is 3. The first kappa shape index (κ1) is 17.5. The number of fused-ring (bicyclic) bond motifs is 1. The van der Waals surface area contributed by atoms with Gasteiger partial charge in [-0.3, -0.25) is 9.88 Å². The maximum atomic E-state index is 6.53. The number of hydrogen-bond acceptors (Lipinski definition) is 6. The lowest BCUT2D eigenvalue weighted by Crippen LogP contribution is -2.26. The van der Waals surface area contributed by atoms with Gasteiger partial charge in [0, 0.05) is 41.0 Å². The molecule has 0 saturated carbocycles. The van der Waals surface area contributed by atoms with E-state index in [0.717, 1.165) is 41.7 Å². The van der Waals surface area contributed by atoms with E-state index in [0.29, 0.717) is 10.0 Å². The lowest BCUT2D eigenvalue weighted by atomic mass is 10.1. The minimum atomic E-state index is -0.290. The molecule has 3 aromatic rings. The third-order valence-corrected chi connectivity index (χ3v) is 5.86. The van der Waals surface area contributed by atoms with Gasteiger partial charge in [-0.15, -0.1) is 0 Å². The third kappa shape index (κ3) is 2.93. The van der Waals surface area contributed by atoms with E-state index in [4.69, 9.17) is 23.2 Å². The van der Waals surface area contributed by atoms with E-state index in [9.17, 15) is 0 Å². The Morgan fingerprint density at radius 3 is 2.54 bits per heavy atom. The minimum Gasteiger partial charge on any atom is -0.358 e. The normalized spacial score (nSPS) is 18.3. The van der Waals surface area contributed by atoms with Crippen molar-refractivity contribution in [3.8, 4) is 0 Å². The molecular weight excluding hydrogens is 395 g/mol. The molecule has 0 aliphatic carbocycles. The Balaban J connectivity index is 1.63. The monoisotopic (exact) mass is 412 g/mol. The van der Waals surface area contributed by atoms with Gasteiger partial charge >= 0.3 is 0 Å². The standard InChI is InChI=1S/C20H18Cl2N6/c21-13-4-3-5-14(22)19(13)20-26-15-11-23-7-6-16(15)28(20)18-10-17(24-12-25-18)27-8-1-2-9-27/h3-7,10-12,20,26H,1-2,8-9H2. The van der Waals surface area contributed by atoms with Crippen molar-refractivity contribution in [2.24, 2.45) is 0 Å². The van der Waals surface area contributed by atoms with Crippen LogP contribution in [0, 0.1) is 0 Å². The van der Waals surface area contributed by atoms with Gasteiger partial charge in [0.2, 0.25) is 0 Å². The number of pyridine rings is 1. The summed E-state index contributed by atoms with van der Waals surface area (Å²) < 4.78 is 0. The summed E-state index contributed by atoms with van der Waals surface area (Å²) in [6, 6.07) is 9.53. The van der Waals surface area contributed by atoms with Gasteiger partial charge in [-0.25, -0.2) is 9.97 Å². The molecule has 1 N–H and O–H groups in total. The molecule has 1 aromatic carbocycles. The van der Waals surface area contributed by atoms with E-state index in [1.54, 1.807) is 18.7 Å². The molecule has 0 radical (unpaired) electrons. The highest BCUT2D eigenvalue weighted by Crippen LogP contribution is 2.48. The highest BCUT2D eigenvalue weighted by atomic mass is 35.5. The second-order valence-electron chi connectivity index (χ2n) is 6.87. The average Bonchev–Trinajstić information content (AvgIpc) is 3.36. The van der Waals surface area contributed by atoms with Gasteiger partial charge in [-0.05, 0) is 31.0 Å². The van der Waals surface area contributed by atoms with Crippen molar-refractivity contribution in [1.29, 1.82) is 0 Å². The second kappa shape index (κ2) is 7.11. The van der Waals surface area contributed by atoms with Crippen LogP contribution in [0.4, 0.5) is 23.0 Å². The maximum Gasteiger partial charge on any atom is 0.140 e. The summed E-state index contributed by atoms with van der Waals surface area (Å²) >= 11 is 13.1. The Hall–Kier alpha value is -2.57. The number of halogens is 2. The number of anilines is 4. The first-order valence-electron chi connectivity index (χ1n) is 9.23. The number of aromatic nitrogens is 3. The number of nitrogens with one attached hydrogen (secondary N) is 1. The van der Waals surface area contributed by atoms with Gasteiger partial charge in [-0.2, -0.15) is 0 Å². The molecule has 1 saturated heterocycles. The first-order chi connectivity index (χ1) is 13.7. The summed E-state index contributed by atoms with van der Waals surface area (Å²) in [5.41, 5.74) is 2.69. The quantitative estimate of drug-likeness (QED) is 0.649. The molecule has 8 heteroatoms. The van der Waals surface area contributed by atoms with Crippen molar-refractivity contribution < 1.29 is 0 Å². The van der Waals surface area contributed by atoms with E-state index >= 15 is 0 Å². The Bertz CT molecular complexity index is 1000. The molecular formula is C20H18Cl2N6. The van der Waals surface area contributed by atoms with Crippen molar-refractivity contribution >= 4 is 46.2 Å². The minimum absolute atomic E-state index is 0.290. The van der Waals surface area contributed by atoms with Crippen molar-refractivity contribution in [3.63, 3.8) is 0 Å². The van der Waals surface area contributed by atoms with Crippen molar-refractivity contribution in [2.45, 2.75) is 19.0 Å². The molecule has 142 valence electrons. The molecule has 0 spiro atoms. The van der Waals surface area contributed by atoms with E-state index in [1.165, 1.54) is 12.8 Å². The number of hydrogen-bond donors (Lipinski definition) is 1. The summed E-state index contributed by atoms with van der Waals surface area (Å²) in [5.74, 6) is 1.73. The van der Waals surface area contributed by atoms with Crippen LogP contribution in [-0.4, -0.2) is 28.0 Å². The molecule has 5 rings (SSSR count). The van der Waals surface area contributed by atoms with Crippen LogP contribution in [0.2, 0.25) is 10.0 Å². The zero-order valence-electron chi connectivity index (χ0n) is 15.0. The number of nitrogens with zero attached hydrogens (tertiary/aromatic N) is 5. The lowest BCUT2D eigenvalue weighted by Gasteiger charge is -2.28.